The first-order valence-electron chi connectivity index (χ1n) is 8.28. The Kier molecular flexibility index (Phi) is 4.89. The van der Waals surface area contributed by atoms with Gasteiger partial charge in [0.2, 0.25) is 0 Å². The Labute approximate surface area is 141 Å². The first-order valence-corrected chi connectivity index (χ1v) is 8.28. The lowest BCUT2D eigenvalue weighted by atomic mass is 10.2. The molecular weight excluding hydrogens is 302 g/mol. The zero-order valence-corrected chi connectivity index (χ0v) is 13.7. The highest BCUT2D eigenvalue weighted by molar-refractivity contribution is 5.96. The second kappa shape index (κ2) is 7.25. The molecule has 1 heterocycles. The van der Waals surface area contributed by atoms with Crippen LogP contribution in [0, 0.1) is 0 Å². The van der Waals surface area contributed by atoms with Crippen LogP contribution in [-0.2, 0) is 6.54 Å². The van der Waals surface area contributed by atoms with E-state index in [0.717, 1.165) is 18.4 Å². The van der Waals surface area contributed by atoms with Gasteiger partial charge >= 0.3 is 0 Å². The van der Waals surface area contributed by atoms with Gasteiger partial charge in [-0.2, -0.15) is 0 Å². The van der Waals surface area contributed by atoms with E-state index in [9.17, 15) is 9.59 Å². The van der Waals surface area contributed by atoms with Gasteiger partial charge in [-0.15, -0.1) is 0 Å². The molecule has 5 nitrogen and oxygen atoms in total. The summed E-state index contributed by atoms with van der Waals surface area (Å²) in [6.07, 6.45) is 2.04. The number of pyridine rings is 1. The molecule has 0 radical (unpaired) electrons. The number of nitrogens with zero attached hydrogens (tertiary/aromatic N) is 2. The first-order chi connectivity index (χ1) is 11.7. The van der Waals surface area contributed by atoms with Crippen molar-refractivity contribution in [1.29, 1.82) is 0 Å². The number of benzene rings is 1. The second-order valence-corrected chi connectivity index (χ2v) is 5.96. The Hall–Kier alpha value is -2.69. The van der Waals surface area contributed by atoms with Crippen LogP contribution in [0.1, 0.15) is 46.3 Å². The summed E-state index contributed by atoms with van der Waals surface area (Å²) >= 11 is 0. The van der Waals surface area contributed by atoms with Gasteiger partial charge in [-0.3, -0.25) is 9.59 Å². The summed E-state index contributed by atoms with van der Waals surface area (Å²) in [5.74, 6) is -0.374. The van der Waals surface area contributed by atoms with Gasteiger partial charge in [-0.25, -0.2) is 4.98 Å². The highest BCUT2D eigenvalue weighted by Gasteiger charge is 2.25. The van der Waals surface area contributed by atoms with Crippen molar-refractivity contribution in [2.24, 2.45) is 0 Å². The summed E-state index contributed by atoms with van der Waals surface area (Å²) in [6, 6.07) is 15.1. The molecule has 1 aromatic carbocycles. The summed E-state index contributed by atoms with van der Waals surface area (Å²) in [6.45, 7) is 3.04. The molecular formula is C19H21N3O2. The molecule has 0 saturated heterocycles. The van der Waals surface area contributed by atoms with Crippen molar-refractivity contribution in [2.45, 2.75) is 32.4 Å². The highest BCUT2D eigenvalue weighted by atomic mass is 16.2. The van der Waals surface area contributed by atoms with Gasteiger partial charge in [-0.1, -0.05) is 36.4 Å². The van der Waals surface area contributed by atoms with E-state index in [2.05, 4.69) is 10.3 Å². The first kappa shape index (κ1) is 16.2. The van der Waals surface area contributed by atoms with Crippen LogP contribution in [0.15, 0.2) is 48.5 Å². The van der Waals surface area contributed by atoms with Gasteiger partial charge in [0, 0.05) is 19.1 Å². The molecule has 1 aromatic heterocycles. The molecule has 0 atom stereocenters. The average molecular weight is 323 g/mol. The summed E-state index contributed by atoms with van der Waals surface area (Å²) in [5, 5.41) is 2.89. The molecule has 1 N–H and O–H groups in total. The zero-order chi connectivity index (χ0) is 16.9. The third-order valence-electron chi connectivity index (χ3n) is 4.00. The van der Waals surface area contributed by atoms with Crippen molar-refractivity contribution in [1.82, 2.24) is 15.2 Å². The van der Waals surface area contributed by atoms with Gasteiger partial charge in [0.05, 0.1) is 0 Å². The maximum absolute atomic E-state index is 12.7. The zero-order valence-electron chi connectivity index (χ0n) is 13.7. The lowest BCUT2D eigenvalue weighted by molar-refractivity contribution is 0.0746. The van der Waals surface area contributed by atoms with Crippen molar-refractivity contribution in [3.63, 3.8) is 0 Å². The normalized spacial score (nSPS) is 13.4. The Morgan fingerprint density at radius 1 is 1.08 bits per heavy atom. The minimum Gasteiger partial charge on any atom is -0.348 e. The van der Waals surface area contributed by atoms with Gasteiger partial charge in [-0.05, 0) is 37.5 Å². The Bertz CT molecular complexity index is 726. The minimum atomic E-state index is -0.210. The van der Waals surface area contributed by atoms with Gasteiger partial charge < -0.3 is 10.2 Å². The maximum Gasteiger partial charge on any atom is 0.272 e. The molecule has 1 aliphatic rings. The number of rotatable bonds is 6. The van der Waals surface area contributed by atoms with Crippen molar-refractivity contribution in [3.8, 4) is 0 Å². The molecule has 2 aromatic rings. The van der Waals surface area contributed by atoms with Gasteiger partial charge in [0.25, 0.3) is 11.8 Å². The van der Waals surface area contributed by atoms with Crippen LogP contribution < -0.4 is 5.32 Å². The number of aromatic nitrogens is 1. The number of amides is 2. The summed E-state index contributed by atoms with van der Waals surface area (Å²) in [7, 11) is 0. The van der Waals surface area contributed by atoms with Crippen LogP contribution in [0.2, 0.25) is 0 Å². The standard InChI is InChI=1S/C19H21N3O2/c1-2-22(13-14-7-4-3-5-8-14)19(24)17-10-6-9-16(21-17)18(23)20-15-11-12-15/h3-10,15H,2,11-13H2,1H3,(H,20,23). The third-order valence-corrected chi connectivity index (χ3v) is 4.00. The highest BCUT2D eigenvalue weighted by Crippen LogP contribution is 2.19. The second-order valence-electron chi connectivity index (χ2n) is 5.96. The molecule has 124 valence electrons. The lowest BCUT2D eigenvalue weighted by Gasteiger charge is -2.20. The van der Waals surface area contributed by atoms with Crippen LogP contribution >= 0.6 is 0 Å². The SMILES string of the molecule is CCN(Cc1ccccc1)C(=O)c1cccc(C(=O)NC2CC2)n1. The molecule has 24 heavy (non-hydrogen) atoms. The van der Waals surface area contributed by atoms with Gasteiger partial charge in [0.15, 0.2) is 0 Å². The number of carbonyl (C=O) groups excluding carboxylic acids is 2. The molecule has 1 fully saturated rings. The molecule has 0 aliphatic heterocycles. The largest absolute Gasteiger partial charge is 0.348 e. The predicted octanol–water partition coefficient (Wildman–Crippen LogP) is 2.64. The predicted molar refractivity (Wildman–Crippen MR) is 91.6 cm³/mol. The number of hydrogen-bond donors (Lipinski definition) is 1. The van der Waals surface area contributed by atoms with Crippen molar-refractivity contribution < 1.29 is 9.59 Å². The van der Waals surface area contributed by atoms with E-state index < -0.39 is 0 Å². The monoisotopic (exact) mass is 323 g/mol. The summed E-state index contributed by atoms with van der Waals surface area (Å²) in [5.41, 5.74) is 1.66. The van der Waals surface area contributed by atoms with E-state index in [1.807, 2.05) is 37.3 Å². The number of nitrogens with one attached hydrogen (secondary N) is 1. The molecule has 1 saturated carbocycles. The van der Waals surface area contributed by atoms with Crippen LogP contribution in [-0.4, -0.2) is 34.3 Å². The third kappa shape index (κ3) is 3.98. The van der Waals surface area contributed by atoms with E-state index in [0.29, 0.717) is 24.5 Å². The molecule has 1 aliphatic carbocycles. The fraction of sp³-hybridized carbons (Fsp3) is 0.316. The maximum atomic E-state index is 12.7. The van der Waals surface area contributed by atoms with Gasteiger partial charge in [0.1, 0.15) is 11.4 Å². The lowest BCUT2D eigenvalue weighted by Crippen LogP contribution is -2.32. The summed E-state index contributed by atoms with van der Waals surface area (Å²) < 4.78 is 0. The van der Waals surface area contributed by atoms with E-state index in [1.54, 1.807) is 23.1 Å². The Morgan fingerprint density at radius 2 is 1.79 bits per heavy atom. The van der Waals surface area contributed by atoms with Crippen LogP contribution in [0.5, 0.6) is 0 Å². The van der Waals surface area contributed by atoms with E-state index in [4.69, 9.17) is 0 Å². The molecule has 0 bridgehead atoms. The topological polar surface area (TPSA) is 62.3 Å². The minimum absolute atomic E-state index is 0.164. The number of hydrogen-bond acceptors (Lipinski definition) is 3. The van der Waals surface area contributed by atoms with Crippen molar-refractivity contribution >= 4 is 11.8 Å². The molecule has 3 rings (SSSR count). The number of carbonyl (C=O) groups is 2. The molecule has 5 heteroatoms. The smallest absolute Gasteiger partial charge is 0.272 e. The van der Waals surface area contributed by atoms with Crippen LogP contribution in [0.25, 0.3) is 0 Å². The van der Waals surface area contributed by atoms with Crippen LogP contribution in [0.3, 0.4) is 0 Å². The van der Waals surface area contributed by atoms with Crippen molar-refractivity contribution in [3.05, 3.63) is 65.5 Å². The van der Waals surface area contributed by atoms with E-state index in [-0.39, 0.29) is 17.9 Å². The molecule has 2 amide bonds. The fourth-order valence-corrected chi connectivity index (χ4v) is 2.46. The Balaban J connectivity index is 1.73. The van der Waals surface area contributed by atoms with E-state index in [1.165, 1.54) is 0 Å². The van der Waals surface area contributed by atoms with Crippen molar-refractivity contribution in [2.75, 3.05) is 6.54 Å². The quantitative estimate of drug-likeness (QED) is 0.889. The average Bonchev–Trinajstić information content (AvgIpc) is 3.44. The Morgan fingerprint density at radius 3 is 2.46 bits per heavy atom. The van der Waals surface area contributed by atoms with Crippen LogP contribution in [0.4, 0.5) is 0 Å². The molecule has 0 unspecified atom stereocenters. The summed E-state index contributed by atoms with van der Waals surface area (Å²) in [4.78, 5) is 30.8. The van der Waals surface area contributed by atoms with E-state index >= 15 is 0 Å². The fourth-order valence-electron chi connectivity index (χ4n) is 2.46. The molecule has 0 spiro atoms.